The summed E-state index contributed by atoms with van der Waals surface area (Å²) in [7, 11) is 0. The summed E-state index contributed by atoms with van der Waals surface area (Å²) in [6, 6.07) is 4.65. The quantitative estimate of drug-likeness (QED) is 0.821. The van der Waals surface area contributed by atoms with Crippen molar-refractivity contribution in [3.8, 4) is 0 Å². The van der Waals surface area contributed by atoms with Crippen molar-refractivity contribution in [3.05, 3.63) is 40.4 Å². The standard InChI is InChI=1S/C15H13ClF3NO2/c16-13-8-20(11-5-6-12(21)7-11)22-14(13)9-1-3-10(4-2-9)15(17,18)19/h1-4,11H,5-8H2/t11-/m1/s1. The number of hydrogen-bond acceptors (Lipinski definition) is 3. The van der Waals surface area contributed by atoms with Gasteiger partial charge in [0, 0.05) is 18.4 Å². The summed E-state index contributed by atoms with van der Waals surface area (Å²) in [6.45, 7) is 0.343. The Kier molecular flexibility index (Phi) is 3.91. The van der Waals surface area contributed by atoms with Gasteiger partial charge in [-0.05, 0) is 18.6 Å². The fourth-order valence-corrected chi connectivity index (χ4v) is 2.93. The Morgan fingerprint density at radius 3 is 2.45 bits per heavy atom. The number of halogens is 4. The van der Waals surface area contributed by atoms with E-state index in [2.05, 4.69) is 0 Å². The molecule has 118 valence electrons. The molecule has 0 amide bonds. The molecule has 1 aromatic carbocycles. The molecule has 0 spiro atoms. The Hall–Kier alpha value is -1.53. The van der Waals surface area contributed by atoms with Crippen molar-refractivity contribution in [1.29, 1.82) is 0 Å². The lowest BCUT2D eigenvalue weighted by Gasteiger charge is -2.22. The first-order valence-electron chi connectivity index (χ1n) is 6.87. The first-order valence-corrected chi connectivity index (χ1v) is 7.25. The highest BCUT2D eigenvalue weighted by Gasteiger charge is 2.35. The normalized spacial score (nSPS) is 23.3. The zero-order valence-electron chi connectivity index (χ0n) is 11.5. The van der Waals surface area contributed by atoms with E-state index in [-0.39, 0.29) is 11.8 Å². The summed E-state index contributed by atoms with van der Waals surface area (Å²) < 4.78 is 37.7. The molecule has 0 radical (unpaired) electrons. The zero-order chi connectivity index (χ0) is 15.9. The Labute approximate surface area is 130 Å². The van der Waals surface area contributed by atoms with Crippen LogP contribution >= 0.6 is 11.6 Å². The second kappa shape index (κ2) is 5.59. The molecule has 0 unspecified atom stereocenters. The highest BCUT2D eigenvalue weighted by atomic mass is 35.5. The second-order valence-electron chi connectivity index (χ2n) is 5.41. The molecule has 3 rings (SSSR count). The minimum atomic E-state index is -4.37. The number of nitrogens with zero attached hydrogens (tertiary/aromatic N) is 1. The molecule has 3 nitrogen and oxygen atoms in total. The van der Waals surface area contributed by atoms with Gasteiger partial charge in [-0.2, -0.15) is 13.2 Å². The van der Waals surface area contributed by atoms with Gasteiger partial charge in [-0.15, -0.1) is 5.06 Å². The maximum atomic E-state index is 12.6. The number of benzene rings is 1. The van der Waals surface area contributed by atoms with Crippen molar-refractivity contribution in [2.75, 3.05) is 6.54 Å². The van der Waals surface area contributed by atoms with Gasteiger partial charge in [-0.1, -0.05) is 23.7 Å². The SMILES string of the molecule is O=C1CC[C@@H](N2CC(Cl)=C(c3ccc(C(F)(F)F)cc3)O2)C1. The van der Waals surface area contributed by atoms with E-state index >= 15 is 0 Å². The van der Waals surface area contributed by atoms with Gasteiger partial charge in [0.2, 0.25) is 0 Å². The summed E-state index contributed by atoms with van der Waals surface area (Å²) >= 11 is 6.16. The van der Waals surface area contributed by atoms with Crippen LogP contribution in [0, 0.1) is 0 Å². The minimum absolute atomic E-state index is 0.0202. The van der Waals surface area contributed by atoms with Crippen LogP contribution in [0.15, 0.2) is 29.3 Å². The number of rotatable bonds is 2. The fraction of sp³-hybridized carbons (Fsp3) is 0.400. The molecule has 0 bridgehead atoms. The zero-order valence-corrected chi connectivity index (χ0v) is 12.2. The van der Waals surface area contributed by atoms with Crippen molar-refractivity contribution in [2.24, 2.45) is 0 Å². The third kappa shape index (κ3) is 2.98. The Balaban J connectivity index is 1.75. The Morgan fingerprint density at radius 2 is 1.91 bits per heavy atom. The Morgan fingerprint density at radius 1 is 1.23 bits per heavy atom. The molecular formula is C15H13ClF3NO2. The number of Topliss-reactive ketones (excluding diaryl/α,β-unsaturated/α-hetero) is 1. The van der Waals surface area contributed by atoms with Gasteiger partial charge in [0.25, 0.3) is 0 Å². The molecule has 22 heavy (non-hydrogen) atoms. The van der Waals surface area contributed by atoms with Gasteiger partial charge >= 0.3 is 6.18 Å². The summed E-state index contributed by atoms with van der Waals surface area (Å²) in [4.78, 5) is 17.0. The van der Waals surface area contributed by atoms with Crippen LogP contribution in [0.3, 0.4) is 0 Å². The van der Waals surface area contributed by atoms with E-state index < -0.39 is 11.7 Å². The maximum Gasteiger partial charge on any atom is 0.416 e. The van der Waals surface area contributed by atoms with E-state index in [0.717, 1.165) is 12.1 Å². The third-order valence-corrected chi connectivity index (χ3v) is 4.14. The molecule has 1 aliphatic carbocycles. The molecule has 2 aliphatic rings. The van der Waals surface area contributed by atoms with Gasteiger partial charge in [0.1, 0.15) is 5.78 Å². The highest BCUT2D eigenvalue weighted by Crippen LogP contribution is 2.36. The molecule has 0 saturated heterocycles. The van der Waals surface area contributed by atoms with Gasteiger partial charge in [-0.3, -0.25) is 4.79 Å². The molecule has 1 aromatic rings. The molecule has 1 atom stereocenters. The van der Waals surface area contributed by atoms with Crippen molar-refractivity contribution in [3.63, 3.8) is 0 Å². The average Bonchev–Trinajstić information content (AvgIpc) is 3.04. The lowest BCUT2D eigenvalue weighted by Crippen LogP contribution is -2.30. The van der Waals surface area contributed by atoms with E-state index in [0.29, 0.717) is 42.2 Å². The van der Waals surface area contributed by atoms with E-state index in [1.165, 1.54) is 12.1 Å². The first kappa shape index (κ1) is 15.4. The van der Waals surface area contributed by atoms with Crippen LogP contribution < -0.4 is 0 Å². The van der Waals surface area contributed by atoms with Gasteiger partial charge in [0.05, 0.1) is 23.2 Å². The molecule has 0 aromatic heterocycles. The largest absolute Gasteiger partial charge is 0.416 e. The van der Waals surface area contributed by atoms with Gasteiger partial charge in [0.15, 0.2) is 5.76 Å². The van der Waals surface area contributed by atoms with Crippen LogP contribution in [-0.2, 0) is 15.8 Å². The average molecular weight is 332 g/mol. The van der Waals surface area contributed by atoms with E-state index in [1.807, 2.05) is 0 Å². The van der Waals surface area contributed by atoms with Crippen LogP contribution in [0.25, 0.3) is 5.76 Å². The van der Waals surface area contributed by atoms with Gasteiger partial charge in [-0.25, -0.2) is 0 Å². The van der Waals surface area contributed by atoms with Crippen molar-refractivity contribution < 1.29 is 22.8 Å². The van der Waals surface area contributed by atoms with E-state index in [4.69, 9.17) is 16.4 Å². The topological polar surface area (TPSA) is 29.5 Å². The Bertz CT molecular complexity index is 625. The summed E-state index contributed by atoms with van der Waals surface area (Å²) in [5.74, 6) is 0.544. The minimum Gasteiger partial charge on any atom is -0.403 e. The molecule has 1 heterocycles. The van der Waals surface area contributed by atoms with Crippen LogP contribution in [-0.4, -0.2) is 23.4 Å². The van der Waals surface area contributed by atoms with Crippen molar-refractivity contribution in [1.82, 2.24) is 5.06 Å². The molecule has 0 N–H and O–H groups in total. The number of alkyl halides is 3. The smallest absolute Gasteiger partial charge is 0.403 e. The maximum absolute atomic E-state index is 12.6. The van der Waals surface area contributed by atoms with Crippen molar-refractivity contribution >= 4 is 23.1 Å². The lowest BCUT2D eigenvalue weighted by molar-refractivity contribution is -0.137. The van der Waals surface area contributed by atoms with Crippen LogP contribution in [0.1, 0.15) is 30.4 Å². The van der Waals surface area contributed by atoms with E-state index in [1.54, 1.807) is 5.06 Å². The molecule has 1 aliphatic heterocycles. The molecule has 1 fully saturated rings. The number of carbonyl (C=O) groups is 1. The predicted octanol–water partition coefficient (Wildman–Crippen LogP) is 3.98. The van der Waals surface area contributed by atoms with Crippen molar-refractivity contribution in [2.45, 2.75) is 31.5 Å². The van der Waals surface area contributed by atoms with Crippen LogP contribution in [0.2, 0.25) is 0 Å². The number of hydroxylamine groups is 2. The first-order chi connectivity index (χ1) is 10.3. The van der Waals surface area contributed by atoms with Crippen LogP contribution in [0.5, 0.6) is 0 Å². The lowest BCUT2D eigenvalue weighted by atomic mass is 10.1. The predicted molar refractivity (Wildman–Crippen MR) is 74.7 cm³/mol. The fourth-order valence-electron chi connectivity index (χ4n) is 2.67. The highest BCUT2D eigenvalue weighted by molar-refractivity contribution is 6.32. The second-order valence-corrected chi connectivity index (χ2v) is 5.87. The van der Waals surface area contributed by atoms with Crippen LogP contribution in [0.4, 0.5) is 13.2 Å². The molecule has 1 saturated carbocycles. The number of carbonyl (C=O) groups excluding carboxylic acids is 1. The van der Waals surface area contributed by atoms with E-state index in [9.17, 15) is 18.0 Å². The van der Waals surface area contributed by atoms with Gasteiger partial charge < -0.3 is 4.84 Å². The summed E-state index contributed by atoms with van der Waals surface area (Å²) in [6.07, 6.45) is -2.71. The third-order valence-electron chi connectivity index (χ3n) is 3.85. The molecular weight excluding hydrogens is 319 g/mol. The number of ketones is 1. The number of hydrogen-bond donors (Lipinski definition) is 0. The summed E-state index contributed by atoms with van der Waals surface area (Å²) in [5.41, 5.74) is -0.228. The summed E-state index contributed by atoms with van der Waals surface area (Å²) in [5, 5.41) is 2.07. The molecule has 7 heteroatoms. The monoisotopic (exact) mass is 331 g/mol.